The van der Waals surface area contributed by atoms with Gasteiger partial charge in [0.15, 0.2) is 0 Å². The van der Waals surface area contributed by atoms with Crippen LogP contribution in [0.3, 0.4) is 0 Å². The molecule has 0 unspecified atom stereocenters. The molecule has 0 N–H and O–H groups in total. The van der Waals surface area contributed by atoms with Gasteiger partial charge in [-0.25, -0.2) is 23.1 Å². The molecule has 2 aromatic carbocycles. The second kappa shape index (κ2) is 8.76. The van der Waals surface area contributed by atoms with Crippen LogP contribution in [0, 0.1) is 10.2 Å². The highest BCUT2D eigenvalue weighted by molar-refractivity contribution is 5.85. The molecule has 9 heteroatoms. The minimum atomic E-state index is -4.94. The predicted octanol–water partition coefficient (Wildman–Crippen LogP) is -0.998. The fourth-order valence-corrected chi connectivity index (χ4v) is 2.36. The molecule has 0 aliphatic heterocycles. The lowest BCUT2D eigenvalue weighted by molar-refractivity contribution is -2.00. The summed E-state index contributed by atoms with van der Waals surface area (Å²) in [6.45, 7) is 0. The highest BCUT2D eigenvalue weighted by Gasteiger charge is 2.23. The first-order valence-electron chi connectivity index (χ1n) is 7.44. The molecule has 142 valence electrons. The summed E-state index contributed by atoms with van der Waals surface area (Å²) in [5.41, 5.74) is 0.816. The molecule has 0 bridgehead atoms. The minimum Gasteiger partial charge on any atom is -0.496 e. The van der Waals surface area contributed by atoms with Crippen LogP contribution in [0.15, 0.2) is 63.8 Å². The minimum absolute atomic E-state index is 0.199. The van der Waals surface area contributed by atoms with Gasteiger partial charge in [0.1, 0.15) is 22.4 Å². The number of hydrogen-bond acceptors (Lipinski definition) is 7. The van der Waals surface area contributed by atoms with E-state index in [0.29, 0.717) is 22.6 Å². The van der Waals surface area contributed by atoms with Crippen molar-refractivity contribution < 1.29 is 42.8 Å². The fourth-order valence-electron chi connectivity index (χ4n) is 2.36. The zero-order valence-corrected chi connectivity index (χ0v) is 15.1. The van der Waals surface area contributed by atoms with E-state index in [2.05, 4.69) is 0 Å². The average Bonchev–Trinajstić information content (AvgIpc) is 2.81. The van der Waals surface area contributed by atoms with Crippen LogP contribution in [-0.2, 0) is 0 Å². The lowest BCUT2D eigenvalue weighted by Crippen LogP contribution is -2.68. The van der Waals surface area contributed by atoms with Crippen molar-refractivity contribution in [3.8, 4) is 22.8 Å². The number of rotatable bonds is 3. The molecule has 0 amide bonds. The molecule has 0 saturated heterocycles. The van der Waals surface area contributed by atoms with Crippen molar-refractivity contribution >= 4 is 11.0 Å². The van der Waals surface area contributed by atoms with Gasteiger partial charge >= 0.3 is 11.3 Å². The van der Waals surface area contributed by atoms with Gasteiger partial charge in [0.2, 0.25) is 0 Å². The standard InChI is InChI=1S/C18H15O4.ClHO4/c1-20-15-10-6-4-7-12(15)17-11-16(21-2)13-8-3-5-9-14(19)18(13)22-17;2-1(3,4)5/h3-11H,1-2H3;(H,2,3,4,5)/q+1;/p-1. The Hall–Kier alpha value is -2.75. The van der Waals surface area contributed by atoms with Crippen LogP contribution in [0.25, 0.3) is 22.3 Å². The van der Waals surface area contributed by atoms with Gasteiger partial charge in [0.05, 0.1) is 20.3 Å². The van der Waals surface area contributed by atoms with Crippen LogP contribution in [0.4, 0.5) is 0 Å². The molecule has 0 spiro atoms. The predicted molar refractivity (Wildman–Crippen MR) is 85.4 cm³/mol. The zero-order chi connectivity index (χ0) is 20.0. The van der Waals surface area contributed by atoms with Gasteiger partial charge in [0.25, 0.3) is 5.43 Å². The number of ether oxygens (including phenoxy) is 2. The van der Waals surface area contributed by atoms with Crippen molar-refractivity contribution in [2.75, 3.05) is 14.2 Å². The molecule has 1 aromatic heterocycles. The third-order valence-electron chi connectivity index (χ3n) is 3.42. The van der Waals surface area contributed by atoms with Crippen LogP contribution in [0.5, 0.6) is 11.5 Å². The third-order valence-corrected chi connectivity index (χ3v) is 3.42. The molecule has 0 aliphatic carbocycles. The second-order valence-corrected chi connectivity index (χ2v) is 5.84. The molecule has 0 fully saturated rings. The van der Waals surface area contributed by atoms with E-state index in [-0.39, 0.29) is 11.0 Å². The Morgan fingerprint density at radius 2 is 1.41 bits per heavy atom. The summed E-state index contributed by atoms with van der Waals surface area (Å²) in [6, 6.07) is 16.0. The van der Waals surface area contributed by atoms with Gasteiger partial charge in [0, 0.05) is 0 Å². The maximum atomic E-state index is 12.2. The molecule has 0 aliphatic rings. The molecule has 0 radical (unpaired) electrons. The third kappa shape index (κ3) is 5.61. The molecule has 8 nitrogen and oxygen atoms in total. The molecule has 27 heavy (non-hydrogen) atoms. The van der Waals surface area contributed by atoms with E-state index >= 15 is 0 Å². The first-order valence-corrected chi connectivity index (χ1v) is 8.67. The Labute approximate surface area is 156 Å². The normalized spacial score (nSPS) is 10.7. The van der Waals surface area contributed by atoms with Gasteiger partial charge in [-0.05, 0) is 24.3 Å². The van der Waals surface area contributed by atoms with E-state index in [4.69, 9.17) is 32.5 Å². The Morgan fingerprint density at radius 3 is 2.04 bits per heavy atom. The molecular formula is C18H15ClO8. The summed E-state index contributed by atoms with van der Waals surface area (Å²) in [5, 5.41) is 0.635. The van der Waals surface area contributed by atoms with E-state index < -0.39 is 10.2 Å². The van der Waals surface area contributed by atoms with Crippen molar-refractivity contribution in [2.24, 2.45) is 0 Å². The SMILES string of the molecule is COc1ccccc1-c1cc(OC)c2ccccc(=O)c2[o+]1.[O-][Cl+3]([O-])([O-])[O-]. The topological polar surface area (TPSA) is 139 Å². The van der Waals surface area contributed by atoms with Gasteiger partial charge in [-0.2, -0.15) is 0 Å². The average molecular weight is 395 g/mol. The van der Waals surface area contributed by atoms with E-state index in [0.717, 1.165) is 5.56 Å². The van der Waals surface area contributed by atoms with Crippen LogP contribution >= 0.6 is 0 Å². The smallest absolute Gasteiger partial charge is 0.411 e. The van der Waals surface area contributed by atoms with E-state index in [1.807, 2.05) is 24.3 Å². The Bertz CT molecular complexity index is 979. The second-order valence-electron chi connectivity index (χ2n) is 5.08. The van der Waals surface area contributed by atoms with Crippen molar-refractivity contribution in [3.63, 3.8) is 0 Å². The summed E-state index contributed by atoms with van der Waals surface area (Å²) in [7, 11) is -1.78. The Kier molecular flexibility index (Phi) is 6.67. The molecular weight excluding hydrogens is 380 g/mol. The van der Waals surface area contributed by atoms with Crippen LogP contribution in [0.1, 0.15) is 0 Å². The van der Waals surface area contributed by atoms with Crippen LogP contribution in [-0.4, -0.2) is 14.2 Å². The quantitative estimate of drug-likeness (QED) is 0.515. The first-order chi connectivity index (χ1) is 12.7. The van der Waals surface area contributed by atoms with E-state index in [1.165, 1.54) is 6.07 Å². The number of fused-ring (bicyclic) bond motifs is 1. The zero-order valence-electron chi connectivity index (χ0n) is 14.3. The summed E-state index contributed by atoms with van der Waals surface area (Å²) in [4.78, 5) is 12.2. The van der Waals surface area contributed by atoms with Crippen molar-refractivity contribution in [1.82, 2.24) is 0 Å². The molecule has 0 atom stereocenters. The lowest BCUT2D eigenvalue weighted by Gasteiger charge is -2.17. The lowest BCUT2D eigenvalue weighted by atomic mass is 10.1. The Balaban J connectivity index is 0.000000465. The van der Waals surface area contributed by atoms with E-state index in [1.54, 1.807) is 38.5 Å². The number of benzene rings is 1. The maximum absolute atomic E-state index is 12.2. The van der Waals surface area contributed by atoms with Crippen LogP contribution < -0.4 is 33.5 Å². The first kappa shape index (κ1) is 20.6. The number of halogens is 1. The monoisotopic (exact) mass is 394 g/mol. The molecule has 0 saturated carbocycles. The summed E-state index contributed by atoms with van der Waals surface area (Å²) in [5.74, 6) is 1.76. The fraction of sp³-hybridized carbons (Fsp3) is 0.111. The number of methoxy groups -OCH3 is 2. The van der Waals surface area contributed by atoms with Crippen molar-refractivity contribution in [1.29, 1.82) is 0 Å². The summed E-state index contributed by atoms with van der Waals surface area (Å²) >= 11 is 0. The molecule has 1 heterocycles. The maximum Gasteiger partial charge on any atom is 0.411 e. The van der Waals surface area contributed by atoms with Gasteiger partial charge in [-0.3, -0.25) is 4.79 Å². The Morgan fingerprint density at radius 1 is 0.852 bits per heavy atom. The molecule has 3 aromatic rings. The van der Waals surface area contributed by atoms with Crippen molar-refractivity contribution in [2.45, 2.75) is 0 Å². The summed E-state index contributed by atoms with van der Waals surface area (Å²) in [6.07, 6.45) is 0. The highest BCUT2D eigenvalue weighted by atomic mass is 35.7. The van der Waals surface area contributed by atoms with Crippen LogP contribution in [0.2, 0.25) is 0 Å². The van der Waals surface area contributed by atoms with E-state index in [9.17, 15) is 4.79 Å². The summed E-state index contributed by atoms with van der Waals surface area (Å²) < 4.78 is 50.6. The van der Waals surface area contributed by atoms with Gasteiger partial charge < -0.3 is 9.47 Å². The highest BCUT2D eigenvalue weighted by Crippen LogP contribution is 2.35. The van der Waals surface area contributed by atoms with Crippen molar-refractivity contribution in [3.05, 3.63) is 64.8 Å². The number of hydrogen-bond donors (Lipinski definition) is 0. The van der Waals surface area contributed by atoms with Gasteiger partial charge in [-0.1, -0.05) is 24.3 Å². The number of para-hydroxylation sites is 1. The van der Waals surface area contributed by atoms with Gasteiger partial charge in [-0.15, -0.1) is 10.2 Å². The molecule has 3 rings (SSSR count). The largest absolute Gasteiger partial charge is 0.496 e.